The van der Waals surface area contributed by atoms with E-state index in [-0.39, 0.29) is 12.5 Å². The van der Waals surface area contributed by atoms with Crippen LogP contribution in [0.3, 0.4) is 0 Å². The molecule has 0 saturated heterocycles. The summed E-state index contributed by atoms with van der Waals surface area (Å²) in [5.41, 5.74) is 9.66. The van der Waals surface area contributed by atoms with Crippen LogP contribution in [0.15, 0.2) is 18.2 Å². The quantitative estimate of drug-likeness (QED) is 0.796. The summed E-state index contributed by atoms with van der Waals surface area (Å²) in [7, 11) is 0. The van der Waals surface area contributed by atoms with Gasteiger partial charge in [0, 0.05) is 12.5 Å². The van der Waals surface area contributed by atoms with Crippen molar-refractivity contribution in [3.63, 3.8) is 0 Å². The van der Waals surface area contributed by atoms with Crippen molar-refractivity contribution in [3.05, 3.63) is 34.9 Å². The molecule has 1 aromatic carbocycles. The van der Waals surface area contributed by atoms with Gasteiger partial charge in [0.1, 0.15) is 0 Å². The third kappa shape index (κ3) is 3.86. The Hall–Kier alpha value is -1.35. The summed E-state index contributed by atoms with van der Waals surface area (Å²) in [5, 5.41) is 8.68. The molecule has 0 aliphatic carbocycles. The number of carboxylic acid groups (broad SMARTS) is 1. The molecule has 0 heterocycles. The van der Waals surface area contributed by atoms with Crippen molar-refractivity contribution < 1.29 is 9.90 Å². The van der Waals surface area contributed by atoms with Gasteiger partial charge in [-0.1, -0.05) is 32.0 Å². The molecule has 1 rings (SSSR count). The fourth-order valence-electron chi connectivity index (χ4n) is 1.97. The van der Waals surface area contributed by atoms with E-state index in [0.717, 1.165) is 18.4 Å². The van der Waals surface area contributed by atoms with E-state index < -0.39 is 5.97 Å². The van der Waals surface area contributed by atoms with Gasteiger partial charge in [0.15, 0.2) is 0 Å². The van der Waals surface area contributed by atoms with Gasteiger partial charge in [-0.2, -0.15) is 0 Å². The van der Waals surface area contributed by atoms with Gasteiger partial charge in [-0.05, 0) is 36.0 Å². The van der Waals surface area contributed by atoms with E-state index in [1.165, 1.54) is 11.1 Å². The molecule has 0 saturated carbocycles. The first-order chi connectivity index (χ1) is 8.08. The van der Waals surface area contributed by atoms with Crippen LogP contribution in [-0.2, 0) is 17.6 Å². The van der Waals surface area contributed by atoms with Crippen LogP contribution in [0.2, 0.25) is 0 Å². The van der Waals surface area contributed by atoms with Gasteiger partial charge < -0.3 is 10.8 Å². The van der Waals surface area contributed by atoms with Crippen molar-refractivity contribution in [1.29, 1.82) is 0 Å². The minimum absolute atomic E-state index is 0.126. The van der Waals surface area contributed by atoms with Gasteiger partial charge in [0.2, 0.25) is 0 Å². The van der Waals surface area contributed by atoms with Gasteiger partial charge in [-0.3, -0.25) is 4.79 Å². The van der Waals surface area contributed by atoms with E-state index in [2.05, 4.69) is 32.0 Å². The molecule has 3 N–H and O–H groups in total. The molecule has 1 atom stereocenters. The van der Waals surface area contributed by atoms with Crippen LogP contribution in [0.1, 0.15) is 49.4 Å². The Balaban J connectivity index is 2.88. The second-order valence-corrected chi connectivity index (χ2v) is 4.28. The Bertz CT molecular complexity index is 388. The van der Waals surface area contributed by atoms with Crippen LogP contribution in [0.25, 0.3) is 0 Å². The lowest BCUT2D eigenvalue weighted by atomic mass is 9.93. The SMILES string of the molecule is CCc1ccc(CC)c(C(N)CCC(=O)O)c1. The van der Waals surface area contributed by atoms with Gasteiger partial charge in [0.25, 0.3) is 0 Å². The molecular formula is C14H21NO2. The summed E-state index contributed by atoms with van der Waals surface area (Å²) in [6.07, 6.45) is 2.53. The Morgan fingerprint density at radius 3 is 2.59 bits per heavy atom. The van der Waals surface area contributed by atoms with Crippen molar-refractivity contribution in [2.75, 3.05) is 0 Å². The molecule has 1 unspecified atom stereocenters. The Morgan fingerprint density at radius 1 is 1.35 bits per heavy atom. The van der Waals surface area contributed by atoms with Crippen molar-refractivity contribution in [1.82, 2.24) is 0 Å². The van der Waals surface area contributed by atoms with Gasteiger partial charge in [-0.15, -0.1) is 0 Å². The molecule has 94 valence electrons. The van der Waals surface area contributed by atoms with Crippen LogP contribution in [0.4, 0.5) is 0 Å². The fourth-order valence-corrected chi connectivity index (χ4v) is 1.97. The number of hydrogen-bond donors (Lipinski definition) is 2. The monoisotopic (exact) mass is 235 g/mol. The molecule has 17 heavy (non-hydrogen) atoms. The third-order valence-corrected chi connectivity index (χ3v) is 3.07. The van der Waals surface area contributed by atoms with E-state index >= 15 is 0 Å². The van der Waals surface area contributed by atoms with E-state index in [4.69, 9.17) is 10.8 Å². The second kappa shape index (κ2) is 6.40. The van der Waals surface area contributed by atoms with Gasteiger partial charge in [0.05, 0.1) is 0 Å². The zero-order chi connectivity index (χ0) is 12.8. The summed E-state index contributed by atoms with van der Waals surface area (Å²) in [4.78, 5) is 10.6. The molecule has 1 aromatic rings. The van der Waals surface area contributed by atoms with Crippen molar-refractivity contribution in [3.8, 4) is 0 Å². The average molecular weight is 235 g/mol. The number of aryl methyl sites for hydroxylation is 2. The maximum Gasteiger partial charge on any atom is 0.303 e. The molecule has 3 nitrogen and oxygen atoms in total. The molecule has 0 aliphatic heterocycles. The smallest absolute Gasteiger partial charge is 0.303 e. The standard InChI is InChI=1S/C14H21NO2/c1-3-10-5-6-11(4-2)12(9-10)13(15)7-8-14(16)17/h5-6,9,13H,3-4,7-8,15H2,1-2H3,(H,16,17). The summed E-state index contributed by atoms with van der Waals surface area (Å²) in [6.45, 7) is 4.20. The average Bonchev–Trinajstić information content (AvgIpc) is 2.34. The van der Waals surface area contributed by atoms with Crippen molar-refractivity contribution >= 4 is 5.97 Å². The molecule has 0 spiro atoms. The van der Waals surface area contributed by atoms with E-state index in [9.17, 15) is 4.79 Å². The fraction of sp³-hybridized carbons (Fsp3) is 0.500. The minimum Gasteiger partial charge on any atom is -0.481 e. The van der Waals surface area contributed by atoms with E-state index in [0.29, 0.717) is 6.42 Å². The zero-order valence-corrected chi connectivity index (χ0v) is 10.6. The predicted molar refractivity (Wildman–Crippen MR) is 69.0 cm³/mol. The minimum atomic E-state index is -0.787. The maximum absolute atomic E-state index is 10.6. The number of benzene rings is 1. The van der Waals surface area contributed by atoms with Crippen LogP contribution in [-0.4, -0.2) is 11.1 Å². The third-order valence-electron chi connectivity index (χ3n) is 3.07. The Kier molecular flexibility index (Phi) is 5.16. The molecule has 0 fully saturated rings. The first-order valence-corrected chi connectivity index (χ1v) is 6.17. The first-order valence-electron chi connectivity index (χ1n) is 6.17. The van der Waals surface area contributed by atoms with Crippen LogP contribution in [0, 0.1) is 0 Å². The summed E-state index contributed by atoms with van der Waals surface area (Å²) >= 11 is 0. The highest BCUT2D eigenvalue weighted by molar-refractivity contribution is 5.66. The lowest BCUT2D eigenvalue weighted by molar-refractivity contribution is -0.137. The molecule has 0 aliphatic rings. The maximum atomic E-state index is 10.6. The second-order valence-electron chi connectivity index (χ2n) is 4.28. The van der Waals surface area contributed by atoms with Crippen LogP contribution < -0.4 is 5.73 Å². The number of rotatable bonds is 6. The molecular weight excluding hydrogens is 214 g/mol. The van der Waals surface area contributed by atoms with Crippen LogP contribution >= 0.6 is 0 Å². The normalized spacial score (nSPS) is 12.4. The Morgan fingerprint density at radius 2 is 2.06 bits per heavy atom. The summed E-state index contributed by atoms with van der Waals surface area (Å²) in [6, 6.07) is 6.17. The molecule has 0 bridgehead atoms. The highest BCUT2D eigenvalue weighted by Gasteiger charge is 2.12. The molecule has 0 aromatic heterocycles. The van der Waals surface area contributed by atoms with Crippen LogP contribution in [0.5, 0.6) is 0 Å². The van der Waals surface area contributed by atoms with Crippen molar-refractivity contribution in [2.45, 2.75) is 45.6 Å². The first kappa shape index (κ1) is 13.7. The topological polar surface area (TPSA) is 63.3 Å². The highest BCUT2D eigenvalue weighted by atomic mass is 16.4. The summed E-state index contributed by atoms with van der Waals surface area (Å²) in [5.74, 6) is -0.787. The number of hydrogen-bond acceptors (Lipinski definition) is 2. The van der Waals surface area contributed by atoms with Gasteiger partial charge in [-0.25, -0.2) is 0 Å². The van der Waals surface area contributed by atoms with Crippen molar-refractivity contribution in [2.24, 2.45) is 5.73 Å². The number of nitrogens with two attached hydrogens (primary N) is 1. The summed E-state index contributed by atoms with van der Waals surface area (Å²) < 4.78 is 0. The van der Waals surface area contributed by atoms with E-state index in [1.807, 2.05) is 0 Å². The number of carboxylic acids is 1. The molecule has 3 heteroatoms. The highest BCUT2D eigenvalue weighted by Crippen LogP contribution is 2.22. The largest absolute Gasteiger partial charge is 0.481 e. The molecule has 0 amide bonds. The van der Waals surface area contributed by atoms with E-state index in [1.54, 1.807) is 0 Å². The zero-order valence-electron chi connectivity index (χ0n) is 10.6. The lowest BCUT2D eigenvalue weighted by Crippen LogP contribution is -2.14. The van der Waals surface area contributed by atoms with Gasteiger partial charge >= 0.3 is 5.97 Å². The molecule has 0 radical (unpaired) electrons. The number of aliphatic carboxylic acids is 1. The number of carbonyl (C=O) groups is 1. The lowest BCUT2D eigenvalue weighted by Gasteiger charge is -2.16. The Labute approximate surface area is 103 Å². The predicted octanol–water partition coefficient (Wildman–Crippen LogP) is 2.68.